The van der Waals surface area contributed by atoms with Crippen molar-refractivity contribution < 1.29 is 23.9 Å². The zero-order chi connectivity index (χ0) is 19.8. The molecule has 0 aliphatic carbocycles. The van der Waals surface area contributed by atoms with Gasteiger partial charge in [-0.3, -0.25) is 14.4 Å². The van der Waals surface area contributed by atoms with E-state index in [0.29, 0.717) is 30.8 Å². The smallest absolute Gasteiger partial charge is 0.307 e. The number of nitrogens with one attached hydrogen (secondary N) is 1. The average Bonchev–Trinajstić information content (AvgIpc) is 3.19. The summed E-state index contributed by atoms with van der Waals surface area (Å²) < 4.78 is 10.0. The summed E-state index contributed by atoms with van der Waals surface area (Å²) in [4.78, 5) is 38.2. The van der Waals surface area contributed by atoms with Crippen molar-refractivity contribution in [3.05, 3.63) is 29.8 Å². The Kier molecular flexibility index (Phi) is 7.79. The maximum absolute atomic E-state index is 12.9. The third-order valence-electron chi connectivity index (χ3n) is 4.29. The van der Waals surface area contributed by atoms with Crippen molar-refractivity contribution in [3.63, 3.8) is 0 Å². The lowest BCUT2D eigenvalue weighted by Crippen LogP contribution is -2.36. The molecule has 0 saturated carbocycles. The Balaban J connectivity index is 2.07. The number of esters is 1. The van der Waals surface area contributed by atoms with E-state index in [9.17, 15) is 14.4 Å². The third-order valence-corrected chi connectivity index (χ3v) is 4.29. The molecule has 1 heterocycles. The molecule has 1 N–H and O–H groups in total. The Morgan fingerprint density at radius 1 is 1.33 bits per heavy atom. The molecule has 0 bridgehead atoms. The molecular formula is C20H28N2O5. The molecule has 0 aromatic heterocycles. The van der Waals surface area contributed by atoms with Gasteiger partial charge in [-0.25, -0.2) is 0 Å². The number of benzene rings is 1. The van der Waals surface area contributed by atoms with Crippen LogP contribution in [0.5, 0.6) is 0 Å². The number of hydrogen-bond acceptors (Lipinski definition) is 5. The van der Waals surface area contributed by atoms with E-state index in [2.05, 4.69) is 10.1 Å². The van der Waals surface area contributed by atoms with Crippen LogP contribution in [0.25, 0.3) is 0 Å². The highest BCUT2D eigenvalue weighted by Gasteiger charge is 2.24. The Morgan fingerprint density at radius 3 is 2.74 bits per heavy atom. The molecule has 1 aliphatic rings. The van der Waals surface area contributed by atoms with Gasteiger partial charge in [-0.2, -0.15) is 0 Å². The van der Waals surface area contributed by atoms with Gasteiger partial charge in [0.15, 0.2) is 0 Å². The molecule has 0 spiro atoms. The van der Waals surface area contributed by atoms with Crippen LogP contribution in [0.15, 0.2) is 24.3 Å². The number of amides is 2. The zero-order valence-corrected chi connectivity index (χ0v) is 16.2. The summed E-state index contributed by atoms with van der Waals surface area (Å²) in [5.41, 5.74) is 1.02. The lowest BCUT2D eigenvalue weighted by atomic mass is 10.1. The number of ether oxygens (including phenoxy) is 2. The predicted octanol–water partition coefficient (Wildman–Crippen LogP) is 2.47. The molecule has 1 fully saturated rings. The van der Waals surface area contributed by atoms with Gasteiger partial charge in [0.05, 0.1) is 13.5 Å². The average molecular weight is 376 g/mol. The van der Waals surface area contributed by atoms with Crippen LogP contribution in [-0.2, 0) is 19.1 Å². The first-order chi connectivity index (χ1) is 12.9. The standard InChI is InChI=1S/C20H28N2O5/c1-14(2)13-22(10-9-18(23)26-3)20(25)15-6-4-7-16(12-15)21-19(24)17-8-5-11-27-17/h4,6-7,12,14,17H,5,8-11,13H2,1-3H3,(H,21,24)/t17-/m0/s1. The Hall–Kier alpha value is -2.41. The van der Waals surface area contributed by atoms with Crippen LogP contribution in [-0.4, -0.2) is 55.6 Å². The second-order valence-electron chi connectivity index (χ2n) is 7.04. The number of anilines is 1. The number of hydrogen-bond donors (Lipinski definition) is 1. The summed E-state index contributed by atoms with van der Waals surface area (Å²) >= 11 is 0. The van der Waals surface area contributed by atoms with E-state index in [1.165, 1.54) is 7.11 Å². The predicted molar refractivity (Wildman–Crippen MR) is 101 cm³/mol. The van der Waals surface area contributed by atoms with E-state index in [4.69, 9.17) is 4.74 Å². The van der Waals surface area contributed by atoms with Gasteiger partial charge in [0.1, 0.15) is 6.10 Å². The van der Waals surface area contributed by atoms with Gasteiger partial charge in [-0.1, -0.05) is 19.9 Å². The summed E-state index contributed by atoms with van der Waals surface area (Å²) in [5, 5.41) is 2.81. The minimum absolute atomic E-state index is 0.143. The topological polar surface area (TPSA) is 84.9 Å². The molecule has 0 unspecified atom stereocenters. The van der Waals surface area contributed by atoms with E-state index < -0.39 is 6.10 Å². The molecule has 2 amide bonds. The van der Waals surface area contributed by atoms with Crippen LogP contribution >= 0.6 is 0 Å². The molecule has 2 rings (SSSR count). The van der Waals surface area contributed by atoms with Crippen LogP contribution in [0, 0.1) is 5.92 Å². The Labute approximate surface area is 160 Å². The van der Waals surface area contributed by atoms with Gasteiger partial charge in [-0.05, 0) is 37.0 Å². The molecule has 0 radical (unpaired) electrons. The maximum Gasteiger partial charge on any atom is 0.307 e. The van der Waals surface area contributed by atoms with Gasteiger partial charge in [-0.15, -0.1) is 0 Å². The summed E-state index contributed by atoms with van der Waals surface area (Å²) in [6.45, 7) is 5.44. The Morgan fingerprint density at radius 2 is 2.11 bits per heavy atom. The summed E-state index contributed by atoms with van der Waals surface area (Å²) in [6.07, 6.45) is 1.30. The van der Waals surface area contributed by atoms with Crippen molar-refractivity contribution in [2.75, 3.05) is 32.1 Å². The molecule has 1 atom stereocenters. The molecule has 7 heteroatoms. The first-order valence-electron chi connectivity index (χ1n) is 9.29. The molecule has 27 heavy (non-hydrogen) atoms. The molecular weight excluding hydrogens is 348 g/mol. The fourth-order valence-corrected chi connectivity index (χ4v) is 2.96. The van der Waals surface area contributed by atoms with Crippen molar-refractivity contribution in [2.45, 2.75) is 39.2 Å². The van der Waals surface area contributed by atoms with E-state index in [1.807, 2.05) is 13.8 Å². The van der Waals surface area contributed by atoms with Gasteiger partial charge >= 0.3 is 5.97 Å². The van der Waals surface area contributed by atoms with Gasteiger partial charge in [0, 0.05) is 30.9 Å². The quantitative estimate of drug-likeness (QED) is 0.705. The fourth-order valence-electron chi connectivity index (χ4n) is 2.96. The van der Waals surface area contributed by atoms with Crippen LogP contribution in [0.3, 0.4) is 0 Å². The largest absolute Gasteiger partial charge is 0.469 e. The zero-order valence-electron chi connectivity index (χ0n) is 16.2. The van der Waals surface area contributed by atoms with Gasteiger partial charge in [0.2, 0.25) is 0 Å². The number of nitrogens with zero attached hydrogens (tertiary/aromatic N) is 1. The van der Waals surface area contributed by atoms with Crippen molar-refractivity contribution in [3.8, 4) is 0 Å². The van der Waals surface area contributed by atoms with E-state index in [1.54, 1.807) is 29.2 Å². The van der Waals surface area contributed by atoms with Crippen molar-refractivity contribution in [2.24, 2.45) is 5.92 Å². The first-order valence-corrected chi connectivity index (χ1v) is 9.29. The van der Waals surface area contributed by atoms with E-state index >= 15 is 0 Å². The van der Waals surface area contributed by atoms with Crippen LogP contribution < -0.4 is 5.32 Å². The molecule has 1 saturated heterocycles. The van der Waals surface area contributed by atoms with Crippen molar-refractivity contribution >= 4 is 23.5 Å². The summed E-state index contributed by atoms with van der Waals surface area (Å²) in [7, 11) is 1.33. The number of carbonyl (C=O) groups excluding carboxylic acids is 3. The minimum atomic E-state index is -0.429. The van der Waals surface area contributed by atoms with Crippen molar-refractivity contribution in [1.29, 1.82) is 0 Å². The highest BCUT2D eigenvalue weighted by molar-refractivity contribution is 5.98. The summed E-state index contributed by atoms with van der Waals surface area (Å²) in [5.74, 6) is -0.467. The molecule has 1 aromatic rings. The second kappa shape index (κ2) is 10.1. The van der Waals surface area contributed by atoms with Crippen molar-refractivity contribution in [1.82, 2.24) is 4.90 Å². The monoisotopic (exact) mass is 376 g/mol. The van der Waals surface area contributed by atoms with Crippen LogP contribution in [0.4, 0.5) is 5.69 Å². The first kappa shape index (κ1) is 20.9. The number of methoxy groups -OCH3 is 1. The van der Waals surface area contributed by atoms with Crippen LogP contribution in [0.1, 0.15) is 43.5 Å². The van der Waals surface area contributed by atoms with Gasteiger partial charge in [0.25, 0.3) is 11.8 Å². The number of rotatable bonds is 8. The molecule has 7 nitrogen and oxygen atoms in total. The molecule has 1 aliphatic heterocycles. The summed E-state index contributed by atoms with van der Waals surface area (Å²) in [6, 6.07) is 6.83. The number of carbonyl (C=O) groups is 3. The third kappa shape index (κ3) is 6.36. The Bertz CT molecular complexity index is 668. The molecule has 148 valence electrons. The minimum Gasteiger partial charge on any atom is -0.469 e. The van der Waals surface area contributed by atoms with Crippen LogP contribution in [0.2, 0.25) is 0 Å². The SMILES string of the molecule is COC(=O)CCN(CC(C)C)C(=O)c1cccc(NC(=O)[C@@H]2CCCO2)c1. The fraction of sp³-hybridized carbons (Fsp3) is 0.550. The lowest BCUT2D eigenvalue weighted by molar-refractivity contribution is -0.140. The van der Waals surface area contributed by atoms with Gasteiger partial charge < -0.3 is 19.7 Å². The highest BCUT2D eigenvalue weighted by Crippen LogP contribution is 2.17. The van der Waals surface area contributed by atoms with E-state index in [-0.39, 0.29) is 36.7 Å². The normalized spacial score (nSPS) is 16.2. The highest BCUT2D eigenvalue weighted by atomic mass is 16.5. The maximum atomic E-state index is 12.9. The van der Waals surface area contributed by atoms with E-state index in [0.717, 1.165) is 6.42 Å². The lowest BCUT2D eigenvalue weighted by Gasteiger charge is -2.24. The molecule has 1 aromatic carbocycles. The second-order valence-corrected chi connectivity index (χ2v) is 7.04.